The van der Waals surface area contributed by atoms with Gasteiger partial charge in [-0.05, 0) is 37.0 Å². The smallest absolute Gasteiger partial charge is 0.142 e. The summed E-state index contributed by atoms with van der Waals surface area (Å²) >= 11 is 0. The minimum atomic E-state index is 0.706. The fourth-order valence-electron chi connectivity index (χ4n) is 2.68. The van der Waals surface area contributed by atoms with Gasteiger partial charge in [0, 0.05) is 23.2 Å². The normalized spacial score (nSPS) is 16.2. The Morgan fingerprint density at radius 3 is 2.89 bits per heavy atom. The molecule has 18 heavy (non-hydrogen) atoms. The number of anilines is 1. The van der Waals surface area contributed by atoms with Gasteiger partial charge in [0.15, 0.2) is 0 Å². The average Bonchev–Trinajstić information content (AvgIpc) is 2.91. The molecule has 0 spiro atoms. The van der Waals surface area contributed by atoms with E-state index in [1.807, 2.05) is 24.4 Å². The molecule has 2 N–H and O–H groups in total. The summed E-state index contributed by atoms with van der Waals surface area (Å²) in [5.74, 6) is 1.51. The van der Waals surface area contributed by atoms with E-state index >= 15 is 0 Å². The SMILES string of the molecule is Nc1c(OCC2CCCC2)ccc2cnccc12. The van der Waals surface area contributed by atoms with Crippen molar-refractivity contribution < 1.29 is 4.74 Å². The Balaban J connectivity index is 1.81. The number of nitrogens with zero attached hydrogens (tertiary/aromatic N) is 1. The quantitative estimate of drug-likeness (QED) is 0.839. The standard InChI is InChI=1S/C15H18N2O/c16-15-13-7-8-17-9-12(13)5-6-14(15)18-10-11-3-1-2-4-11/h5-9,11H,1-4,10,16H2. The van der Waals surface area contributed by atoms with E-state index in [9.17, 15) is 0 Å². The maximum absolute atomic E-state index is 6.15. The summed E-state index contributed by atoms with van der Waals surface area (Å²) in [6, 6.07) is 5.91. The number of benzene rings is 1. The van der Waals surface area contributed by atoms with Crippen LogP contribution in [-0.4, -0.2) is 11.6 Å². The average molecular weight is 242 g/mol. The highest BCUT2D eigenvalue weighted by atomic mass is 16.5. The molecule has 0 bridgehead atoms. The summed E-state index contributed by atoms with van der Waals surface area (Å²) < 4.78 is 5.88. The second-order valence-electron chi connectivity index (χ2n) is 5.04. The number of hydrogen-bond acceptors (Lipinski definition) is 3. The lowest BCUT2D eigenvalue weighted by Gasteiger charge is -2.14. The molecule has 1 heterocycles. The van der Waals surface area contributed by atoms with E-state index in [4.69, 9.17) is 10.5 Å². The third kappa shape index (κ3) is 2.13. The number of nitrogens with two attached hydrogens (primary N) is 1. The Hall–Kier alpha value is -1.77. The lowest BCUT2D eigenvalue weighted by Crippen LogP contribution is -2.09. The van der Waals surface area contributed by atoms with Crippen molar-refractivity contribution in [2.24, 2.45) is 5.92 Å². The first-order chi connectivity index (χ1) is 8.84. The van der Waals surface area contributed by atoms with Crippen LogP contribution in [0.5, 0.6) is 5.75 Å². The molecule has 1 saturated carbocycles. The molecule has 1 aliphatic rings. The van der Waals surface area contributed by atoms with Crippen molar-refractivity contribution in [3.05, 3.63) is 30.6 Å². The highest BCUT2D eigenvalue weighted by Gasteiger charge is 2.16. The maximum Gasteiger partial charge on any atom is 0.142 e. The molecule has 0 unspecified atom stereocenters. The third-order valence-corrected chi connectivity index (χ3v) is 3.77. The summed E-state index contributed by atoms with van der Waals surface area (Å²) in [5, 5.41) is 2.08. The van der Waals surface area contributed by atoms with Crippen molar-refractivity contribution in [1.29, 1.82) is 0 Å². The lowest BCUT2D eigenvalue weighted by atomic mass is 10.1. The predicted molar refractivity (Wildman–Crippen MR) is 73.6 cm³/mol. The molecule has 3 heteroatoms. The number of pyridine rings is 1. The van der Waals surface area contributed by atoms with E-state index in [1.54, 1.807) is 6.20 Å². The second kappa shape index (κ2) is 4.84. The summed E-state index contributed by atoms with van der Waals surface area (Å²) in [6.45, 7) is 0.792. The first-order valence-corrected chi connectivity index (χ1v) is 6.59. The molecule has 1 aliphatic carbocycles. The minimum absolute atomic E-state index is 0.706. The van der Waals surface area contributed by atoms with Gasteiger partial charge in [-0.3, -0.25) is 4.98 Å². The van der Waals surface area contributed by atoms with Gasteiger partial charge in [0.1, 0.15) is 5.75 Å². The first kappa shape index (κ1) is 11.3. The molecule has 3 rings (SSSR count). The maximum atomic E-state index is 6.15. The predicted octanol–water partition coefficient (Wildman–Crippen LogP) is 3.39. The highest BCUT2D eigenvalue weighted by Crippen LogP contribution is 2.31. The van der Waals surface area contributed by atoms with Gasteiger partial charge in [-0.2, -0.15) is 0 Å². The molecule has 0 amide bonds. The van der Waals surface area contributed by atoms with E-state index in [0.717, 1.165) is 28.8 Å². The van der Waals surface area contributed by atoms with Crippen LogP contribution in [0.2, 0.25) is 0 Å². The van der Waals surface area contributed by atoms with Crippen LogP contribution in [0.15, 0.2) is 30.6 Å². The van der Waals surface area contributed by atoms with Crippen LogP contribution < -0.4 is 10.5 Å². The number of fused-ring (bicyclic) bond motifs is 1. The van der Waals surface area contributed by atoms with Crippen LogP contribution in [-0.2, 0) is 0 Å². The molecule has 2 aromatic rings. The summed E-state index contributed by atoms with van der Waals surface area (Å²) in [6.07, 6.45) is 8.85. The largest absolute Gasteiger partial charge is 0.491 e. The molecule has 0 saturated heterocycles. The minimum Gasteiger partial charge on any atom is -0.491 e. The zero-order valence-electron chi connectivity index (χ0n) is 10.4. The Morgan fingerprint density at radius 2 is 2.06 bits per heavy atom. The van der Waals surface area contributed by atoms with Gasteiger partial charge in [0.2, 0.25) is 0 Å². The molecule has 1 aromatic carbocycles. The molecule has 94 valence electrons. The summed E-state index contributed by atoms with van der Waals surface area (Å²) in [5.41, 5.74) is 6.88. The molecule has 0 radical (unpaired) electrons. The van der Waals surface area contributed by atoms with Crippen LogP contribution in [0.3, 0.4) is 0 Å². The number of nitrogen functional groups attached to an aromatic ring is 1. The molecule has 3 nitrogen and oxygen atoms in total. The highest BCUT2D eigenvalue weighted by molar-refractivity contribution is 5.95. The zero-order chi connectivity index (χ0) is 12.4. The fourth-order valence-corrected chi connectivity index (χ4v) is 2.68. The number of ether oxygens (including phenoxy) is 1. The van der Waals surface area contributed by atoms with Crippen LogP contribution >= 0.6 is 0 Å². The van der Waals surface area contributed by atoms with E-state index < -0.39 is 0 Å². The van der Waals surface area contributed by atoms with Gasteiger partial charge in [-0.1, -0.05) is 12.8 Å². The summed E-state index contributed by atoms with van der Waals surface area (Å²) in [7, 11) is 0. The molecule has 1 aromatic heterocycles. The van der Waals surface area contributed by atoms with Crippen LogP contribution in [0.1, 0.15) is 25.7 Å². The molecular formula is C15H18N2O. The van der Waals surface area contributed by atoms with Crippen molar-refractivity contribution in [2.45, 2.75) is 25.7 Å². The van der Waals surface area contributed by atoms with Gasteiger partial charge >= 0.3 is 0 Å². The van der Waals surface area contributed by atoms with Gasteiger partial charge in [-0.25, -0.2) is 0 Å². The number of rotatable bonds is 3. The van der Waals surface area contributed by atoms with Crippen LogP contribution in [0, 0.1) is 5.92 Å². The van der Waals surface area contributed by atoms with Gasteiger partial charge < -0.3 is 10.5 Å². The van der Waals surface area contributed by atoms with Crippen molar-refractivity contribution in [2.75, 3.05) is 12.3 Å². The van der Waals surface area contributed by atoms with E-state index in [2.05, 4.69) is 4.98 Å². The second-order valence-corrected chi connectivity index (χ2v) is 5.04. The Bertz CT molecular complexity index is 547. The van der Waals surface area contributed by atoms with Crippen LogP contribution in [0.25, 0.3) is 10.8 Å². The molecule has 0 aliphatic heterocycles. The van der Waals surface area contributed by atoms with E-state index in [0.29, 0.717) is 5.92 Å². The molecule has 1 fully saturated rings. The van der Waals surface area contributed by atoms with Crippen molar-refractivity contribution in [3.8, 4) is 5.75 Å². The Kier molecular flexibility index (Phi) is 3.05. The van der Waals surface area contributed by atoms with Crippen LogP contribution in [0.4, 0.5) is 5.69 Å². The third-order valence-electron chi connectivity index (χ3n) is 3.77. The van der Waals surface area contributed by atoms with E-state index in [1.165, 1.54) is 25.7 Å². The van der Waals surface area contributed by atoms with Crippen molar-refractivity contribution in [3.63, 3.8) is 0 Å². The zero-order valence-corrected chi connectivity index (χ0v) is 10.4. The van der Waals surface area contributed by atoms with Gasteiger partial charge in [-0.15, -0.1) is 0 Å². The van der Waals surface area contributed by atoms with Crippen molar-refractivity contribution >= 4 is 16.5 Å². The number of aromatic nitrogens is 1. The van der Waals surface area contributed by atoms with Crippen molar-refractivity contribution in [1.82, 2.24) is 4.98 Å². The Morgan fingerprint density at radius 1 is 1.22 bits per heavy atom. The monoisotopic (exact) mass is 242 g/mol. The van der Waals surface area contributed by atoms with Gasteiger partial charge in [0.05, 0.1) is 12.3 Å². The van der Waals surface area contributed by atoms with Gasteiger partial charge in [0.25, 0.3) is 0 Å². The van der Waals surface area contributed by atoms with E-state index in [-0.39, 0.29) is 0 Å². The number of hydrogen-bond donors (Lipinski definition) is 1. The topological polar surface area (TPSA) is 48.1 Å². The molecule has 0 atom stereocenters. The molecular weight excluding hydrogens is 224 g/mol. The summed E-state index contributed by atoms with van der Waals surface area (Å²) in [4.78, 5) is 4.10. The first-order valence-electron chi connectivity index (χ1n) is 6.59. The fraction of sp³-hybridized carbons (Fsp3) is 0.400. The lowest BCUT2D eigenvalue weighted by molar-refractivity contribution is 0.253. The Labute approximate surface area is 107 Å².